The fourth-order valence-corrected chi connectivity index (χ4v) is 0.522. The highest BCUT2D eigenvalue weighted by atomic mass is 16.3. The van der Waals surface area contributed by atoms with E-state index in [9.17, 15) is 4.79 Å². The van der Waals surface area contributed by atoms with Crippen LogP contribution in [0.5, 0.6) is 0 Å². The summed E-state index contributed by atoms with van der Waals surface area (Å²) >= 11 is 0. The molecule has 0 saturated carbocycles. The van der Waals surface area contributed by atoms with Crippen molar-refractivity contribution in [2.24, 2.45) is 0 Å². The molecule has 0 saturated heterocycles. The van der Waals surface area contributed by atoms with E-state index in [0.29, 0.717) is 5.88 Å². The number of carbonyl (C=O) groups is 1. The van der Waals surface area contributed by atoms with Crippen LogP contribution >= 0.6 is 0 Å². The van der Waals surface area contributed by atoms with Crippen molar-refractivity contribution in [3.8, 4) is 0 Å². The lowest BCUT2D eigenvalue weighted by Gasteiger charge is -1.92. The van der Waals surface area contributed by atoms with Gasteiger partial charge in [0.05, 0.1) is 6.26 Å². The summed E-state index contributed by atoms with van der Waals surface area (Å²) in [4.78, 5) is 10.6. The summed E-state index contributed by atoms with van der Waals surface area (Å²) in [5.41, 5.74) is 0. The molecule has 3 nitrogen and oxygen atoms in total. The molecule has 0 aliphatic carbocycles. The zero-order valence-electron chi connectivity index (χ0n) is 5.33. The Hall–Kier alpha value is -1.51. The van der Waals surface area contributed by atoms with E-state index in [1.165, 1.54) is 12.3 Å². The topological polar surface area (TPSA) is 42.2 Å². The van der Waals surface area contributed by atoms with Gasteiger partial charge < -0.3 is 4.42 Å². The molecule has 1 heterocycles. The van der Waals surface area contributed by atoms with Crippen LogP contribution in [0, 0.1) is 0 Å². The second kappa shape index (κ2) is 2.87. The highest BCUT2D eigenvalue weighted by molar-refractivity contribution is 5.97. The van der Waals surface area contributed by atoms with E-state index in [4.69, 9.17) is 4.42 Å². The van der Waals surface area contributed by atoms with E-state index >= 15 is 0 Å². The van der Waals surface area contributed by atoms with Gasteiger partial charge in [0.15, 0.2) is 5.88 Å². The van der Waals surface area contributed by atoms with Gasteiger partial charge >= 0.3 is 0 Å². The first-order chi connectivity index (χ1) is 4.83. The third-order valence-corrected chi connectivity index (χ3v) is 0.953. The summed E-state index contributed by atoms with van der Waals surface area (Å²) in [7, 11) is 0. The molecule has 1 amide bonds. The van der Waals surface area contributed by atoms with Crippen molar-refractivity contribution in [3.63, 3.8) is 0 Å². The van der Waals surface area contributed by atoms with Crippen LogP contribution in [0.3, 0.4) is 0 Å². The van der Waals surface area contributed by atoms with E-state index in [2.05, 4.69) is 11.9 Å². The normalized spacial score (nSPS) is 8.80. The Kier molecular flexibility index (Phi) is 1.89. The van der Waals surface area contributed by atoms with Gasteiger partial charge in [0.1, 0.15) is 0 Å². The summed E-state index contributed by atoms with van der Waals surface area (Å²) in [5, 5.41) is 2.45. The minimum Gasteiger partial charge on any atom is -0.449 e. The number of amides is 1. The first-order valence-corrected chi connectivity index (χ1v) is 2.80. The summed E-state index contributed by atoms with van der Waals surface area (Å²) in [6.07, 6.45) is 2.67. The van der Waals surface area contributed by atoms with Crippen molar-refractivity contribution in [2.45, 2.75) is 0 Å². The number of furan rings is 1. The van der Waals surface area contributed by atoms with Crippen LogP contribution < -0.4 is 5.32 Å². The summed E-state index contributed by atoms with van der Waals surface area (Å²) in [6.45, 7) is 3.29. The molecule has 10 heavy (non-hydrogen) atoms. The van der Waals surface area contributed by atoms with Crippen LogP contribution in [0.25, 0.3) is 0 Å². The Bertz CT molecular complexity index is 226. The van der Waals surface area contributed by atoms with Crippen LogP contribution in [-0.2, 0) is 4.79 Å². The zero-order chi connectivity index (χ0) is 7.40. The second-order valence-electron chi connectivity index (χ2n) is 1.67. The third-order valence-electron chi connectivity index (χ3n) is 0.953. The Labute approximate surface area is 58.3 Å². The molecule has 0 aromatic carbocycles. The third kappa shape index (κ3) is 1.48. The van der Waals surface area contributed by atoms with E-state index in [1.54, 1.807) is 12.1 Å². The van der Waals surface area contributed by atoms with E-state index < -0.39 is 0 Å². The molecule has 0 bridgehead atoms. The molecule has 0 aliphatic heterocycles. The second-order valence-corrected chi connectivity index (χ2v) is 1.67. The van der Waals surface area contributed by atoms with Gasteiger partial charge in [0, 0.05) is 6.07 Å². The highest BCUT2D eigenvalue weighted by Crippen LogP contribution is 2.05. The maximum absolute atomic E-state index is 10.6. The monoisotopic (exact) mass is 137 g/mol. The quantitative estimate of drug-likeness (QED) is 0.626. The lowest BCUT2D eigenvalue weighted by molar-refractivity contribution is -0.112. The van der Waals surface area contributed by atoms with Crippen molar-refractivity contribution < 1.29 is 9.21 Å². The van der Waals surface area contributed by atoms with Gasteiger partial charge in [-0.25, -0.2) is 0 Å². The summed E-state index contributed by atoms with van der Waals surface area (Å²) in [5.74, 6) is 0.167. The number of nitrogens with one attached hydrogen (secondary N) is 1. The molecule has 1 N–H and O–H groups in total. The van der Waals surface area contributed by atoms with Crippen LogP contribution in [0.2, 0.25) is 0 Å². The maximum Gasteiger partial charge on any atom is 0.250 e. The van der Waals surface area contributed by atoms with Gasteiger partial charge in [-0.2, -0.15) is 0 Å². The van der Waals surface area contributed by atoms with Crippen LogP contribution in [0.15, 0.2) is 35.5 Å². The SMILES string of the molecule is C=CC(=O)Nc1ccco1. The first kappa shape index (κ1) is 6.61. The number of hydrogen-bond acceptors (Lipinski definition) is 2. The molecule has 3 heteroatoms. The molecule has 0 atom stereocenters. The van der Waals surface area contributed by atoms with Gasteiger partial charge in [-0.3, -0.25) is 10.1 Å². The van der Waals surface area contributed by atoms with E-state index in [1.807, 2.05) is 0 Å². The largest absolute Gasteiger partial charge is 0.449 e. The predicted octanol–water partition coefficient (Wildman–Crippen LogP) is 1.40. The first-order valence-electron chi connectivity index (χ1n) is 2.80. The maximum atomic E-state index is 10.6. The molecule has 1 rings (SSSR count). The van der Waals surface area contributed by atoms with Crippen LogP contribution in [0.4, 0.5) is 5.88 Å². The van der Waals surface area contributed by atoms with Gasteiger partial charge in [0.2, 0.25) is 5.91 Å². The Morgan fingerprint density at radius 2 is 2.60 bits per heavy atom. The van der Waals surface area contributed by atoms with Gasteiger partial charge in [-0.05, 0) is 12.1 Å². The zero-order valence-corrected chi connectivity index (χ0v) is 5.33. The standard InChI is InChI=1S/C7H7NO2/c1-2-6(9)8-7-4-3-5-10-7/h2-5H,1H2,(H,8,9). The molecule has 1 aromatic rings. The Morgan fingerprint density at radius 1 is 1.80 bits per heavy atom. The van der Waals surface area contributed by atoms with E-state index in [-0.39, 0.29) is 5.91 Å². The number of hydrogen-bond donors (Lipinski definition) is 1. The van der Waals surface area contributed by atoms with Crippen molar-refractivity contribution in [3.05, 3.63) is 31.1 Å². The fraction of sp³-hybridized carbons (Fsp3) is 0. The molecule has 0 spiro atoms. The molecule has 52 valence electrons. The molecule has 0 unspecified atom stereocenters. The van der Waals surface area contributed by atoms with Crippen molar-refractivity contribution in [1.29, 1.82) is 0 Å². The average Bonchev–Trinajstić information content (AvgIpc) is 2.40. The molecular weight excluding hydrogens is 130 g/mol. The summed E-state index contributed by atoms with van der Waals surface area (Å²) < 4.78 is 4.83. The average molecular weight is 137 g/mol. The summed E-state index contributed by atoms with van der Waals surface area (Å²) in [6, 6.07) is 3.35. The van der Waals surface area contributed by atoms with Gasteiger partial charge in [-0.15, -0.1) is 0 Å². The smallest absolute Gasteiger partial charge is 0.250 e. The molecule has 1 aromatic heterocycles. The van der Waals surface area contributed by atoms with Crippen molar-refractivity contribution >= 4 is 11.8 Å². The molecule has 0 aliphatic rings. The molecule has 0 fully saturated rings. The highest BCUT2D eigenvalue weighted by Gasteiger charge is 1.96. The number of anilines is 1. The van der Waals surface area contributed by atoms with Crippen molar-refractivity contribution in [1.82, 2.24) is 0 Å². The lowest BCUT2D eigenvalue weighted by atomic mass is 10.5. The fourth-order valence-electron chi connectivity index (χ4n) is 0.522. The van der Waals surface area contributed by atoms with Gasteiger partial charge in [0.25, 0.3) is 0 Å². The van der Waals surface area contributed by atoms with Gasteiger partial charge in [-0.1, -0.05) is 6.58 Å². The van der Waals surface area contributed by atoms with E-state index in [0.717, 1.165) is 0 Å². The minimum atomic E-state index is -0.269. The minimum absolute atomic E-state index is 0.269. The Balaban J connectivity index is 2.56. The molecular formula is C7H7NO2. The number of rotatable bonds is 2. The lowest BCUT2D eigenvalue weighted by Crippen LogP contribution is -2.05. The van der Waals surface area contributed by atoms with Crippen LogP contribution in [-0.4, -0.2) is 5.91 Å². The van der Waals surface area contributed by atoms with Crippen LogP contribution in [0.1, 0.15) is 0 Å². The predicted molar refractivity (Wildman–Crippen MR) is 37.5 cm³/mol. The Morgan fingerprint density at radius 3 is 3.10 bits per heavy atom. The van der Waals surface area contributed by atoms with Crippen molar-refractivity contribution in [2.75, 3.05) is 5.32 Å². The molecule has 0 radical (unpaired) electrons. The number of carbonyl (C=O) groups excluding carboxylic acids is 1.